The fourth-order valence-corrected chi connectivity index (χ4v) is 3.05. The number of nitriles is 1. The fraction of sp³-hybridized carbons (Fsp3) is 0.0526. The highest BCUT2D eigenvalue weighted by Gasteiger charge is 2.08. The summed E-state index contributed by atoms with van der Waals surface area (Å²) in [7, 11) is 0. The molecule has 0 aliphatic carbocycles. The molecule has 110 valence electrons. The van der Waals surface area contributed by atoms with Crippen LogP contribution < -0.4 is 4.74 Å². The van der Waals surface area contributed by atoms with Crippen LogP contribution in [0, 0.1) is 23.7 Å². The van der Waals surface area contributed by atoms with E-state index in [1.54, 1.807) is 6.08 Å². The number of para-hydroxylation sites is 1. The first-order valence-electron chi connectivity index (χ1n) is 6.94. The van der Waals surface area contributed by atoms with Gasteiger partial charge in [0.2, 0.25) is 0 Å². The zero-order valence-electron chi connectivity index (χ0n) is 12.2. The second-order valence-corrected chi connectivity index (χ2v) is 5.75. The molecular weight excluding hydrogens is 304 g/mol. The minimum atomic E-state index is 0.218. The van der Waals surface area contributed by atoms with Crippen LogP contribution in [0.4, 0.5) is 0 Å². The predicted octanol–water partition coefficient (Wildman–Crippen LogP) is 4.37. The zero-order chi connectivity index (χ0) is 16.1. The van der Waals surface area contributed by atoms with E-state index in [2.05, 4.69) is 17.0 Å². The topological polar surface area (TPSA) is 45.9 Å². The van der Waals surface area contributed by atoms with Crippen molar-refractivity contribution in [3.8, 4) is 24.2 Å². The maximum Gasteiger partial charge on any atom is 0.148 e. The summed E-state index contributed by atoms with van der Waals surface area (Å²) in [6.07, 6.45) is 7.00. The van der Waals surface area contributed by atoms with Gasteiger partial charge >= 0.3 is 0 Å². The largest absolute Gasteiger partial charge is 0.481 e. The van der Waals surface area contributed by atoms with Crippen molar-refractivity contribution in [2.24, 2.45) is 0 Å². The van der Waals surface area contributed by atoms with Crippen LogP contribution in [0.1, 0.15) is 10.6 Å². The molecule has 2 aromatic carbocycles. The first-order chi connectivity index (χ1) is 11.3. The third-order valence-electron chi connectivity index (χ3n) is 3.14. The quantitative estimate of drug-likeness (QED) is 0.530. The van der Waals surface area contributed by atoms with Gasteiger partial charge in [-0.25, -0.2) is 4.98 Å². The molecule has 0 aliphatic heterocycles. The molecule has 23 heavy (non-hydrogen) atoms. The summed E-state index contributed by atoms with van der Waals surface area (Å²) in [6.45, 7) is 0.218. The van der Waals surface area contributed by atoms with E-state index in [9.17, 15) is 5.26 Å². The molecule has 0 saturated carbocycles. The first kappa shape index (κ1) is 14.8. The van der Waals surface area contributed by atoms with Crippen molar-refractivity contribution in [1.29, 1.82) is 5.26 Å². The molecule has 1 aromatic heterocycles. The molecule has 3 nitrogen and oxygen atoms in total. The summed E-state index contributed by atoms with van der Waals surface area (Å²) < 4.78 is 6.47. The Morgan fingerprint density at radius 2 is 2.13 bits per heavy atom. The number of hydrogen-bond donors (Lipinski definition) is 0. The number of terminal acetylenes is 1. The molecular formula is C19H12N2OS. The lowest BCUT2D eigenvalue weighted by atomic mass is 10.1. The maximum atomic E-state index is 9.47. The number of hydrogen-bond acceptors (Lipinski definition) is 4. The monoisotopic (exact) mass is 316 g/mol. The number of ether oxygens (including phenoxy) is 1. The highest BCUT2D eigenvalue weighted by Crippen LogP contribution is 2.28. The summed E-state index contributed by atoms with van der Waals surface area (Å²) in [5.41, 5.74) is 2.30. The van der Waals surface area contributed by atoms with Crippen molar-refractivity contribution in [2.75, 3.05) is 6.61 Å². The Morgan fingerprint density at radius 3 is 2.91 bits per heavy atom. The van der Waals surface area contributed by atoms with Crippen molar-refractivity contribution in [2.45, 2.75) is 0 Å². The predicted molar refractivity (Wildman–Crippen MR) is 93.9 cm³/mol. The number of aromatic nitrogens is 1. The molecule has 0 amide bonds. The van der Waals surface area contributed by atoms with E-state index < -0.39 is 0 Å². The second-order valence-electron chi connectivity index (χ2n) is 4.72. The highest BCUT2D eigenvalue weighted by molar-refractivity contribution is 7.19. The van der Waals surface area contributed by atoms with Gasteiger partial charge in [0.1, 0.15) is 23.4 Å². The lowest BCUT2D eigenvalue weighted by molar-refractivity contribution is 0.370. The summed E-state index contributed by atoms with van der Waals surface area (Å²) >= 11 is 1.51. The van der Waals surface area contributed by atoms with Gasteiger partial charge in [-0.1, -0.05) is 30.2 Å². The molecule has 3 aromatic rings. The first-order valence-corrected chi connectivity index (χ1v) is 7.76. The van der Waals surface area contributed by atoms with Gasteiger partial charge in [0.05, 0.1) is 15.8 Å². The van der Waals surface area contributed by atoms with Crippen LogP contribution in [-0.2, 0) is 0 Å². The Hall–Kier alpha value is -3.08. The molecule has 0 bridgehead atoms. The Morgan fingerprint density at radius 1 is 1.26 bits per heavy atom. The average molecular weight is 316 g/mol. The van der Waals surface area contributed by atoms with E-state index in [-0.39, 0.29) is 6.61 Å². The molecule has 0 atom stereocenters. The zero-order valence-corrected chi connectivity index (χ0v) is 13.0. The SMILES string of the molecule is C#CCOc1cccc(C=C(C#N)c2nc3ccccc3s2)c1. The number of nitrogens with zero attached hydrogens (tertiary/aromatic N) is 2. The van der Waals surface area contributed by atoms with E-state index >= 15 is 0 Å². The van der Waals surface area contributed by atoms with E-state index in [0.29, 0.717) is 16.3 Å². The molecule has 0 radical (unpaired) electrons. The Labute approximate surface area is 138 Å². The molecule has 1 heterocycles. The normalized spacial score (nSPS) is 11.0. The third-order valence-corrected chi connectivity index (χ3v) is 4.21. The van der Waals surface area contributed by atoms with Gasteiger partial charge in [-0.05, 0) is 35.9 Å². The van der Waals surface area contributed by atoms with E-state index in [1.807, 2.05) is 48.5 Å². The molecule has 0 N–H and O–H groups in total. The average Bonchev–Trinajstić information content (AvgIpc) is 3.02. The molecule has 0 unspecified atom stereocenters. The summed E-state index contributed by atoms with van der Waals surface area (Å²) in [6, 6.07) is 17.5. The van der Waals surface area contributed by atoms with E-state index in [0.717, 1.165) is 15.8 Å². The minimum Gasteiger partial charge on any atom is -0.481 e. The van der Waals surface area contributed by atoms with Crippen LogP contribution in [0.3, 0.4) is 0 Å². The van der Waals surface area contributed by atoms with Crippen molar-refractivity contribution in [3.05, 3.63) is 59.1 Å². The lowest BCUT2D eigenvalue weighted by Gasteiger charge is -2.03. The molecule has 0 spiro atoms. The third kappa shape index (κ3) is 3.40. The lowest BCUT2D eigenvalue weighted by Crippen LogP contribution is -1.93. The van der Waals surface area contributed by atoms with Crippen LogP contribution in [0.15, 0.2) is 48.5 Å². The Balaban J connectivity index is 1.96. The summed E-state index contributed by atoms with van der Waals surface area (Å²) in [4.78, 5) is 4.52. The standard InChI is InChI=1S/C19H12N2OS/c1-2-10-22-16-7-5-6-14(12-16)11-15(13-20)19-21-17-8-3-4-9-18(17)23-19/h1,3-9,11-12H,10H2. The van der Waals surface area contributed by atoms with Crippen molar-refractivity contribution >= 4 is 33.2 Å². The van der Waals surface area contributed by atoms with E-state index in [1.165, 1.54) is 11.3 Å². The van der Waals surface area contributed by atoms with Gasteiger partial charge in [-0.15, -0.1) is 17.8 Å². The molecule has 0 saturated heterocycles. The van der Waals surface area contributed by atoms with Crippen molar-refractivity contribution in [1.82, 2.24) is 4.98 Å². The van der Waals surface area contributed by atoms with Gasteiger partial charge < -0.3 is 4.74 Å². The molecule has 4 heteroatoms. The number of allylic oxidation sites excluding steroid dienone is 1. The van der Waals surface area contributed by atoms with Crippen LogP contribution >= 0.6 is 11.3 Å². The maximum absolute atomic E-state index is 9.47. The van der Waals surface area contributed by atoms with Crippen molar-refractivity contribution < 1.29 is 4.74 Å². The minimum absolute atomic E-state index is 0.218. The van der Waals surface area contributed by atoms with Crippen LogP contribution in [0.2, 0.25) is 0 Å². The van der Waals surface area contributed by atoms with Gasteiger partial charge in [-0.3, -0.25) is 0 Å². The highest BCUT2D eigenvalue weighted by atomic mass is 32.1. The molecule has 3 rings (SSSR count). The smallest absolute Gasteiger partial charge is 0.148 e. The van der Waals surface area contributed by atoms with Gasteiger partial charge in [0.25, 0.3) is 0 Å². The Kier molecular flexibility index (Phi) is 4.38. The number of rotatable bonds is 4. The van der Waals surface area contributed by atoms with Gasteiger partial charge in [-0.2, -0.15) is 5.26 Å². The van der Waals surface area contributed by atoms with E-state index in [4.69, 9.17) is 11.2 Å². The second kappa shape index (κ2) is 6.79. The van der Waals surface area contributed by atoms with Crippen LogP contribution in [0.25, 0.3) is 21.9 Å². The van der Waals surface area contributed by atoms with Crippen molar-refractivity contribution in [3.63, 3.8) is 0 Å². The number of thiazole rings is 1. The van der Waals surface area contributed by atoms with Gasteiger partial charge in [0, 0.05) is 0 Å². The van der Waals surface area contributed by atoms with Gasteiger partial charge in [0.15, 0.2) is 0 Å². The number of benzene rings is 2. The molecule has 0 aliphatic rings. The van der Waals surface area contributed by atoms with Crippen LogP contribution in [-0.4, -0.2) is 11.6 Å². The molecule has 0 fully saturated rings. The van der Waals surface area contributed by atoms with Crippen LogP contribution in [0.5, 0.6) is 5.75 Å². The summed E-state index contributed by atoms with van der Waals surface area (Å²) in [5, 5.41) is 10.2. The number of fused-ring (bicyclic) bond motifs is 1. The summed E-state index contributed by atoms with van der Waals surface area (Å²) in [5.74, 6) is 3.11. The Bertz CT molecular complexity index is 924. The fourth-order valence-electron chi connectivity index (χ4n) is 2.12.